The van der Waals surface area contributed by atoms with Crippen LogP contribution in [0.15, 0.2) is 0 Å². The van der Waals surface area contributed by atoms with Crippen molar-refractivity contribution in [1.82, 2.24) is 10.2 Å². The van der Waals surface area contributed by atoms with E-state index in [-0.39, 0.29) is 0 Å². The quantitative estimate of drug-likeness (QED) is 0.749. The van der Waals surface area contributed by atoms with E-state index < -0.39 is 0 Å². The maximum Gasteiger partial charge on any atom is 0.00472 e. The fraction of sp³-hybridized carbons (Fsp3) is 1.00. The smallest absolute Gasteiger partial charge is 0.00472 e. The highest BCUT2D eigenvalue weighted by Gasteiger charge is 2.35. The minimum absolute atomic E-state index is 0.562. The third-order valence-corrected chi connectivity index (χ3v) is 4.96. The fourth-order valence-electron chi connectivity index (χ4n) is 3.53. The van der Waals surface area contributed by atoms with Gasteiger partial charge in [0.25, 0.3) is 0 Å². The van der Waals surface area contributed by atoms with Crippen LogP contribution in [0.25, 0.3) is 0 Å². The maximum atomic E-state index is 3.62. The Bertz CT molecular complexity index is 234. The molecule has 2 fully saturated rings. The lowest BCUT2D eigenvalue weighted by atomic mass is 9.70. The molecule has 18 heavy (non-hydrogen) atoms. The number of nitrogens with zero attached hydrogens (tertiary/aromatic N) is 1. The second kappa shape index (κ2) is 6.38. The molecule has 2 aliphatic carbocycles. The number of hydrogen-bond acceptors (Lipinski definition) is 2. The van der Waals surface area contributed by atoms with E-state index in [1.165, 1.54) is 58.2 Å². The van der Waals surface area contributed by atoms with Gasteiger partial charge in [0.15, 0.2) is 0 Å². The first-order valence-corrected chi connectivity index (χ1v) is 8.03. The van der Waals surface area contributed by atoms with E-state index in [9.17, 15) is 0 Å². The topological polar surface area (TPSA) is 15.3 Å². The zero-order valence-corrected chi connectivity index (χ0v) is 12.7. The monoisotopic (exact) mass is 252 g/mol. The van der Waals surface area contributed by atoms with Crippen molar-refractivity contribution in [2.75, 3.05) is 33.2 Å². The number of rotatable bonds is 7. The van der Waals surface area contributed by atoms with E-state index in [2.05, 4.69) is 31.1 Å². The number of hydrogen-bond donors (Lipinski definition) is 1. The summed E-state index contributed by atoms with van der Waals surface area (Å²) in [5.41, 5.74) is 0.562. The standard InChI is InChI=1S/C16H32N2/c1-4-17-12-16(9-7-14(2)8-10-16)13-18(3)11-15-5-6-15/h14-15,17H,4-13H2,1-3H3. The molecule has 0 unspecified atom stereocenters. The van der Waals surface area contributed by atoms with Gasteiger partial charge in [-0.3, -0.25) is 0 Å². The molecule has 0 aromatic heterocycles. The molecule has 0 amide bonds. The minimum atomic E-state index is 0.562. The molecule has 1 N–H and O–H groups in total. The molecule has 2 heteroatoms. The third kappa shape index (κ3) is 4.24. The molecule has 2 aliphatic rings. The van der Waals surface area contributed by atoms with Crippen LogP contribution in [0.5, 0.6) is 0 Å². The molecule has 2 rings (SSSR count). The van der Waals surface area contributed by atoms with Gasteiger partial charge in [-0.2, -0.15) is 0 Å². The van der Waals surface area contributed by atoms with Gasteiger partial charge >= 0.3 is 0 Å². The summed E-state index contributed by atoms with van der Waals surface area (Å²) < 4.78 is 0. The molecule has 0 saturated heterocycles. The lowest BCUT2D eigenvalue weighted by Gasteiger charge is -2.42. The second-order valence-corrected chi connectivity index (χ2v) is 7.10. The van der Waals surface area contributed by atoms with Gasteiger partial charge < -0.3 is 10.2 Å². The lowest BCUT2D eigenvalue weighted by Crippen LogP contribution is -2.45. The van der Waals surface area contributed by atoms with Crippen LogP contribution in [0, 0.1) is 17.3 Å². The van der Waals surface area contributed by atoms with Crippen molar-refractivity contribution in [2.45, 2.75) is 52.4 Å². The van der Waals surface area contributed by atoms with Crippen molar-refractivity contribution in [1.29, 1.82) is 0 Å². The lowest BCUT2D eigenvalue weighted by molar-refractivity contribution is 0.0974. The molecule has 2 nitrogen and oxygen atoms in total. The first kappa shape index (κ1) is 14.3. The van der Waals surface area contributed by atoms with Crippen LogP contribution < -0.4 is 5.32 Å². The highest BCUT2D eigenvalue weighted by atomic mass is 15.1. The third-order valence-electron chi connectivity index (χ3n) is 4.96. The first-order valence-electron chi connectivity index (χ1n) is 8.03. The summed E-state index contributed by atoms with van der Waals surface area (Å²) >= 11 is 0. The van der Waals surface area contributed by atoms with Crippen LogP contribution in [0.1, 0.15) is 52.4 Å². The average Bonchev–Trinajstić information content (AvgIpc) is 3.14. The Kier molecular flexibility index (Phi) is 5.08. The zero-order chi connectivity index (χ0) is 13.0. The summed E-state index contributed by atoms with van der Waals surface area (Å²) in [7, 11) is 2.34. The molecule has 0 heterocycles. The summed E-state index contributed by atoms with van der Waals surface area (Å²) in [4.78, 5) is 2.62. The van der Waals surface area contributed by atoms with E-state index in [0.717, 1.165) is 18.4 Å². The Morgan fingerprint density at radius 3 is 2.39 bits per heavy atom. The summed E-state index contributed by atoms with van der Waals surface area (Å²) in [5.74, 6) is 1.97. The molecule has 0 spiro atoms. The largest absolute Gasteiger partial charge is 0.316 e. The summed E-state index contributed by atoms with van der Waals surface area (Å²) in [6.45, 7) is 9.64. The zero-order valence-electron chi connectivity index (χ0n) is 12.7. The van der Waals surface area contributed by atoms with Crippen LogP contribution in [0.4, 0.5) is 0 Å². The van der Waals surface area contributed by atoms with E-state index in [1.807, 2.05) is 0 Å². The van der Waals surface area contributed by atoms with Gasteiger partial charge in [-0.15, -0.1) is 0 Å². The van der Waals surface area contributed by atoms with Crippen LogP contribution in [-0.4, -0.2) is 38.1 Å². The molecule has 0 aliphatic heterocycles. The van der Waals surface area contributed by atoms with Crippen LogP contribution in [0.3, 0.4) is 0 Å². The minimum Gasteiger partial charge on any atom is -0.316 e. The van der Waals surface area contributed by atoms with Gasteiger partial charge in [0.1, 0.15) is 0 Å². The van der Waals surface area contributed by atoms with Crippen LogP contribution in [0.2, 0.25) is 0 Å². The van der Waals surface area contributed by atoms with Crippen molar-refractivity contribution >= 4 is 0 Å². The second-order valence-electron chi connectivity index (χ2n) is 7.10. The van der Waals surface area contributed by atoms with Crippen molar-refractivity contribution < 1.29 is 0 Å². The summed E-state index contributed by atoms with van der Waals surface area (Å²) in [6, 6.07) is 0. The summed E-state index contributed by atoms with van der Waals surface area (Å²) in [6.07, 6.45) is 8.67. The van der Waals surface area contributed by atoms with E-state index in [1.54, 1.807) is 0 Å². The summed E-state index contributed by atoms with van der Waals surface area (Å²) in [5, 5.41) is 3.62. The van der Waals surface area contributed by atoms with E-state index in [0.29, 0.717) is 5.41 Å². The molecule has 0 radical (unpaired) electrons. The first-order chi connectivity index (χ1) is 8.63. The van der Waals surface area contributed by atoms with E-state index in [4.69, 9.17) is 0 Å². The van der Waals surface area contributed by atoms with Gasteiger partial charge in [-0.05, 0) is 56.5 Å². The predicted molar refractivity (Wildman–Crippen MR) is 78.8 cm³/mol. The van der Waals surface area contributed by atoms with Gasteiger partial charge in [-0.25, -0.2) is 0 Å². The van der Waals surface area contributed by atoms with Crippen LogP contribution in [-0.2, 0) is 0 Å². The molecule has 106 valence electrons. The van der Waals surface area contributed by atoms with Crippen LogP contribution >= 0.6 is 0 Å². The fourth-order valence-corrected chi connectivity index (χ4v) is 3.53. The normalized spacial score (nSPS) is 33.0. The van der Waals surface area contributed by atoms with Crippen molar-refractivity contribution in [3.8, 4) is 0 Å². The van der Waals surface area contributed by atoms with Gasteiger partial charge in [0.05, 0.1) is 0 Å². The molecule has 0 atom stereocenters. The Morgan fingerprint density at radius 2 is 1.83 bits per heavy atom. The maximum absolute atomic E-state index is 3.62. The van der Waals surface area contributed by atoms with Crippen molar-refractivity contribution in [3.05, 3.63) is 0 Å². The molecular formula is C16H32N2. The molecule has 0 aromatic carbocycles. The Hall–Kier alpha value is -0.0800. The Labute approximate surface area is 114 Å². The molecular weight excluding hydrogens is 220 g/mol. The SMILES string of the molecule is CCNCC1(CN(C)CC2CC2)CCC(C)CC1. The van der Waals surface area contributed by atoms with Gasteiger partial charge in [0.2, 0.25) is 0 Å². The Morgan fingerprint density at radius 1 is 1.17 bits per heavy atom. The van der Waals surface area contributed by atoms with Crippen molar-refractivity contribution in [2.24, 2.45) is 17.3 Å². The highest BCUT2D eigenvalue weighted by molar-refractivity contribution is 4.89. The predicted octanol–water partition coefficient (Wildman–Crippen LogP) is 3.13. The van der Waals surface area contributed by atoms with Crippen molar-refractivity contribution in [3.63, 3.8) is 0 Å². The van der Waals surface area contributed by atoms with Gasteiger partial charge in [0, 0.05) is 19.6 Å². The molecule has 2 saturated carbocycles. The molecule has 0 bridgehead atoms. The van der Waals surface area contributed by atoms with Gasteiger partial charge in [-0.1, -0.05) is 26.7 Å². The van der Waals surface area contributed by atoms with E-state index >= 15 is 0 Å². The average molecular weight is 252 g/mol. The Balaban J connectivity index is 1.86. The molecule has 0 aromatic rings. The highest BCUT2D eigenvalue weighted by Crippen LogP contribution is 2.39. The number of nitrogens with one attached hydrogen (secondary N) is 1.